The average molecular weight is 362 g/mol. The second-order valence-corrected chi connectivity index (χ2v) is 6.56. The number of carbonyl (C=O) groups is 1. The van der Waals surface area contributed by atoms with E-state index in [0.29, 0.717) is 37.1 Å². The van der Waals surface area contributed by atoms with Crippen LogP contribution in [0.25, 0.3) is 11.5 Å². The summed E-state index contributed by atoms with van der Waals surface area (Å²) >= 11 is 0. The molecule has 1 saturated heterocycles. The van der Waals surface area contributed by atoms with E-state index in [1.165, 1.54) is 0 Å². The van der Waals surface area contributed by atoms with E-state index in [0.717, 1.165) is 43.7 Å². The number of amides is 2. The highest BCUT2D eigenvalue weighted by molar-refractivity contribution is 5.74. The summed E-state index contributed by atoms with van der Waals surface area (Å²) in [5, 5.41) is 10.9. The molecule has 1 aliphatic heterocycles. The maximum absolute atomic E-state index is 12.1. The molecule has 0 atom stereocenters. The zero-order chi connectivity index (χ0) is 18.5. The molecule has 1 N–H and O–H groups in total. The van der Waals surface area contributed by atoms with E-state index in [2.05, 4.69) is 25.5 Å². The number of hydrogen-bond acceptors (Lipinski definition) is 7. The van der Waals surface area contributed by atoms with Gasteiger partial charge in [-0.3, -0.25) is 4.90 Å². The van der Waals surface area contributed by atoms with E-state index in [1.54, 1.807) is 0 Å². The van der Waals surface area contributed by atoms with Crippen molar-refractivity contribution in [3.8, 4) is 11.5 Å². The number of aryl methyl sites for hydroxylation is 2. The number of rotatable bonds is 5. The molecule has 0 saturated carbocycles. The molecule has 3 rings (SSSR count). The Kier molecular flexibility index (Phi) is 5.87. The first-order chi connectivity index (χ1) is 12.6. The zero-order valence-corrected chi connectivity index (χ0v) is 15.6. The van der Waals surface area contributed by atoms with E-state index < -0.39 is 0 Å². The molecule has 2 aromatic heterocycles. The molecular formula is C17H26N6O3. The van der Waals surface area contributed by atoms with E-state index >= 15 is 0 Å². The molecule has 142 valence electrons. The zero-order valence-electron chi connectivity index (χ0n) is 15.6. The van der Waals surface area contributed by atoms with Gasteiger partial charge < -0.3 is 19.3 Å². The van der Waals surface area contributed by atoms with Crippen LogP contribution in [0.5, 0.6) is 0 Å². The maximum atomic E-state index is 12.1. The summed E-state index contributed by atoms with van der Waals surface area (Å²) in [4.78, 5) is 20.7. The molecule has 2 aromatic rings. The van der Waals surface area contributed by atoms with Crippen molar-refractivity contribution in [2.45, 2.75) is 40.2 Å². The minimum absolute atomic E-state index is 0.0222. The summed E-state index contributed by atoms with van der Waals surface area (Å²) < 4.78 is 10.5. The molecule has 3 heterocycles. The van der Waals surface area contributed by atoms with E-state index in [-0.39, 0.29) is 6.03 Å². The molecule has 2 amide bonds. The first kappa shape index (κ1) is 18.4. The third kappa shape index (κ3) is 4.21. The molecule has 0 aliphatic carbocycles. The molecule has 0 unspecified atom stereocenters. The van der Waals surface area contributed by atoms with Crippen LogP contribution >= 0.6 is 0 Å². The Labute approximate surface area is 152 Å². The van der Waals surface area contributed by atoms with E-state index in [9.17, 15) is 4.79 Å². The van der Waals surface area contributed by atoms with Crippen molar-refractivity contribution in [3.05, 3.63) is 17.3 Å². The molecule has 1 fully saturated rings. The van der Waals surface area contributed by atoms with Crippen molar-refractivity contribution < 1.29 is 13.8 Å². The number of nitrogens with one attached hydrogen (secondary N) is 1. The van der Waals surface area contributed by atoms with Gasteiger partial charge in [-0.05, 0) is 26.7 Å². The van der Waals surface area contributed by atoms with Crippen LogP contribution in [0.2, 0.25) is 0 Å². The van der Waals surface area contributed by atoms with Crippen LogP contribution in [0.15, 0.2) is 9.05 Å². The van der Waals surface area contributed by atoms with Crippen molar-refractivity contribution in [1.29, 1.82) is 0 Å². The Balaban J connectivity index is 1.58. The summed E-state index contributed by atoms with van der Waals surface area (Å²) in [5.74, 6) is 1.73. The number of hydrogen-bond donors (Lipinski definition) is 1. The highest BCUT2D eigenvalue weighted by atomic mass is 16.5. The molecule has 0 radical (unpaired) electrons. The van der Waals surface area contributed by atoms with Gasteiger partial charge in [-0.25, -0.2) is 4.79 Å². The first-order valence-electron chi connectivity index (χ1n) is 9.09. The van der Waals surface area contributed by atoms with Crippen LogP contribution in [0.1, 0.15) is 37.0 Å². The molecule has 9 nitrogen and oxygen atoms in total. The molecular weight excluding hydrogens is 336 g/mol. The fourth-order valence-electron chi connectivity index (χ4n) is 3.08. The van der Waals surface area contributed by atoms with Crippen LogP contribution in [-0.2, 0) is 6.54 Å². The predicted molar refractivity (Wildman–Crippen MR) is 94.4 cm³/mol. The van der Waals surface area contributed by atoms with Crippen LogP contribution < -0.4 is 5.32 Å². The van der Waals surface area contributed by atoms with Gasteiger partial charge in [0.15, 0.2) is 5.82 Å². The Hall–Kier alpha value is -2.42. The first-order valence-corrected chi connectivity index (χ1v) is 9.09. The second kappa shape index (κ2) is 8.31. The lowest BCUT2D eigenvalue weighted by atomic mass is 10.2. The summed E-state index contributed by atoms with van der Waals surface area (Å²) in [6, 6.07) is 0.0222. The van der Waals surface area contributed by atoms with E-state index in [4.69, 9.17) is 9.05 Å². The van der Waals surface area contributed by atoms with Gasteiger partial charge in [-0.1, -0.05) is 17.2 Å². The minimum atomic E-state index is 0.0222. The number of urea groups is 1. The molecule has 1 aliphatic rings. The largest absolute Gasteiger partial charge is 0.361 e. The van der Waals surface area contributed by atoms with Crippen LogP contribution in [0.3, 0.4) is 0 Å². The molecule has 9 heteroatoms. The normalized spacial score (nSPS) is 15.9. The van der Waals surface area contributed by atoms with Crippen LogP contribution in [-0.4, -0.2) is 63.9 Å². The lowest BCUT2D eigenvalue weighted by Gasteiger charge is -2.21. The van der Waals surface area contributed by atoms with Gasteiger partial charge in [0.05, 0.1) is 12.2 Å². The van der Waals surface area contributed by atoms with Gasteiger partial charge >= 0.3 is 6.03 Å². The fraction of sp³-hybridized carbons (Fsp3) is 0.647. The highest BCUT2D eigenvalue weighted by Crippen LogP contribution is 2.25. The maximum Gasteiger partial charge on any atom is 0.317 e. The SMILES string of the molecule is CCCNC(=O)N1CCCN(Cc2noc(-c3c(C)noc3C)n2)CC1. The lowest BCUT2D eigenvalue weighted by molar-refractivity contribution is 0.197. The van der Waals surface area contributed by atoms with Crippen LogP contribution in [0, 0.1) is 13.8 Å². The van der Waals surface area contributed by atoms with Gasteiger partial charge in [0, 0.05) is 32.7 Å². The number of nitrogens with zero attached hydrogens (tertiary/aromatic N) is 5. The Morgan fingerprint density at radius 3 is 2.73 bits per heavy atom. The van der Waals surface area contributed by atoms with Gasteiger partial charge in [-0.15, -0.1) is 0 Å². The average Bonchev–Trinajstić information content (AvgIpc) is 3.12. The fourth-order valence-corrected chi connectivity index (χ4v) is 3.08. The Morgan fingerprint density at radius 2 is 2.00 bits per heavy atom. The Bertz CT molecular complexity index is 721. The minimum Gasteiger partial charge on any atom is -0.361 e. The highest BCUT2D eigenvalue weighted by Gasteiger charge is 2.22. The van der Waals surface area contributed by atoms with Crippen molar-refractivity contribution >= 4 is 6.03 Å². The summed E-state index contributed by atoms with van der Waals surface area (Å²) in [6.45, 7) is 10.2. The van der Waals surface area contributed by atoms with E-state index in [1.807, 2.05) is 25.7 Å². The second-order valence-electron chi connectivity index (χ2n) is 6.56. The predicted octanol–water partition coefficient (Wildman–Crippen LogP) is 1.97. The smallest absolute Gasteiger partial charge is 0.317 e. The van der Waals surface area contributed by atoms with Gasteiger partial charge in [-0.2, -0.15) is 4.98 Å². The van der Waals surface area contributed by atoms with Crippen molar-refractivity contribution in [2.24, 2.45) is 0 Å². The third-order valence-electron chi connectivity index (χ3n) is 4.48. The van der Waals surface area contributed by atoms with Gasteiger partial charge in [0.1, 0.15) is 11.3 Å². The van der Waals surface area contributed by atoms with Gasteiger partial charge in [0.2, 0.25) is 0 Å². The monoisotopic (exact) mass is 362 g/mol. The molecule has 26 heavy (non-hydrogen) atoms. The third-order valence-corrected chi connectivity index (χ3v) is 4.48. The van der Waals surface area contributed by atoms with Crippen LogP contribution in [0.4, 0.5) is 4.79 Å². The standard InChI is InChI=1S/C17H26N6O3/c1-4-6-18-17(24)23-8-5-7-22(9-10-23)11-14-19-16(26-21-14)15-12(2)20-25-13(15)3/h4-11H2,1-3H3,(H,18,24). The summed E-state index contributed by atoms with van der Waals surface area (Å²) in [6.07, 6.45) is 1.87. The van der Waals surface area contributed by atoms with Crippen molar-refractivity contribution in [1.82, 2.24) is 30.4 Å². The van der Waals surface area contributed by atoms with Gasteiger partial charge in [0.25, 0.3) is 5.89 Å². The Morgan fingerprint density at radius 1 is 1.15 bits per heavy atom. The lowest BCUT2D eigenvalue weighted by Crippen LogP contribution is -2.42. The molecule has 0 spiro atoms. The number of aromatic nitrogens is 3. The molecule has 0 bridgehead atoms. The number of carbonyl (C=O) groups excluding carboxylic acids is 1. The summed E-state index contributed by atoms with van der Waals surface area (Å²) in [7, 11) is 0. The summed E-state index contributed by atoms with van der Waals surface area (Å²) in [5.41, 5.74) is 1.50. The topological polar surface area (TPSA) is 101 Å². The van der Waals surface area contributed by atoms with Crippen molar-refractivity contribution in [3.63, 3.8) is 0 Å². The van der Waals surface area contributed by atoms with Crippen molar-refractivity contribution in [2.75, 3.05) is 32.7 Å². The quantitative estimate of drug-likeness (QED) is 0.868. The molecule has 0 aromatic carbocycles.